The Kier molecular flexibility index (Phi) is 5.42. The summed E-state index contributed by atoms with van der Waals surface area (Å²) in [4.78, 5) is 0. The van der Waals surface area contributed by atoms with E-state index in [1.807, 2.05) is 18.2 Å². The molecule has 0 radical (unpaired) electrons. The molecule has 0 heterocycles. The smallest absolute Gasteiger partial charge is 0.0337 e. The molecule has 0 unspecified atom stereocenters. The Balaban J connectivity index is 1.78. The molecular formula is C28H32N2. The number of benzene rings is 2. The van der Waals surface area contributed by atoms with Crippen LogP contribution in [0.15, 0.2) is 76.9 Å². The van der Waals surface area contributed by atoms with Crippen LogP contribution < -0.4 is 11.5 Å². The normalized spacial score (nSPS) is 16.6. The average molecular weight is 397 g/mol. The van der Waals surface area contributed by atoms with Crippen LogP contribution in [0.1, 0.15) is 54.9 Å². The molecule has 0 bridgehead atoms. The van der Waals surface area contributed by atoms with Crippen molar-refractivity contribution in [2.45, 2.75) is 52.9 Å². The molecule has 2 heteroatoms. The van der Waals surface area contributed by atoms with E-state index in [9.17, 15) is 0 Å². The lowest BCUT2D eigenvalue weighted by Gasteiger charge is -2.32. The highest BCUT2D eigenvalue weighted by Gasteiger charge is 2.27. The SMILES string of the molecule is C=C1C(CCc2cc(N)cc(N)c2)=C(c2ccc(C)c(C)c2)CC2=CCCC(C)=C12. The fourth-order valence-corrected chi connectivity index (χ4v) is 4.87. The van der Waals surface area contributed by atoms with Crippen molar-refractivity contribution in [2.75, 3.05) is 11.5 Å². The van der Waals surface area contributed by atoms with Gasteiger partial charge in [0.1, 0.15) is 0 Å². The maximum atomic E-state index is 6.03. The molecule has 0 fully saturated rings. The fourth-order valence-electron chi connectivity index (χ4n) is 4.87. The molecule has 0 aromatic heterocycles. The first-order valence-electron chi connectivity index (χ1n) is 10.9. The molecule has 0 aliphatic heterocycles. The quantitative estimate of drug-likeness (QED) is 0.555. The Hall–Kier alpha value is -3.00. The maximum Gasteiger partial charge on any atom is 0.0337 e. The van der Waals surface area contributed by atoms with Crippen molar-refractivity contribution in [2.24, 2.45) is 0 Å². The first kappa shape index (κ1) is 20.3. The molecule has 2 aromatic rings. The van der Waals surface area contributed by atoms with E-state index in [2.05, 4.69) is 51.6 Å². The van der Waals surface area contributed by atoms with Crippen LogP contribution in [0.5, 0.6) is 0 Å². The van der Waals surface area contributed by atoms with Gasteiger partial charge in [0.2, 0.25) is 0 Å². The van der Waals surface area contributed by atoms with Crippen LogP contribution in [0.3, 0.4) is 0 Å². The fraction of sp³-hybridized carbons (Fsp3) is 0.286. The number of aryl methyl sites for hydroxylation is 3. The number of fused-ring (bicyclic) bond motifs is 1. The molecule has 0 amide bonds. The van der Waals surface area contributed by atoms with E-state index in [-0.39, 0.29) is 0 Å². The monoisotopic (exact) mass is 396 g/mol. The Labute approximate surface area is 180 Å². The highest BCUT2D eigenvalue weighted by atomic mass is 14.6. The van der Waals surface area contributed by atoms with Gasteiger partial charge in [-0.15, -0.1) is 0 Å². The van der Waals surface area contributed by atoms with E-state index in [0.717, 1.165) is 43.5 Å². The molecular weight excluding hydrogens is 364 g/mol. The summed E-state index contributed by atoms with van der Waals surface area (Å²) in [5.41, 5.74) is 27.0. The topological polar surface area (TPSA) is 52.0 Å². The van der Waals surface area contributed by atoms with Crippen molar-refractivity contribution in [1.29, 1.82) is 0 Å². The largest absolute Gasteiger partial charge is 0.399 e. The molecule has 30 heavy (non-hydrogen) atoms. The number of allylic oxidation sites excluding steroid dienone is 7. The lowest BCUT2D eigenvalue weighted by atomic mass is 9.73. The number of hydrogen-bond donors (Lipinski definition) is 2. The predicted octanol–water partition coefficient (Wildman–Crippen LogP) is 6.85. The van der Waals surface area contributed by atoms with Gasteiger partial charge in [0.25, 0.3) is 0 Å². The zero-order valence-corrected chi connectivity index (χ0v) is 18.4. The highest BCUT2D eigenvalue weighted by molar-refractivity contribution is 5.82. The summed E-state index contributed by atoms with van der Waals surface area (Å²) in [6.45, 7) is 11.2. The van der Waals surface area contributed by atoms with Gasteiger partial charge in [0.05, 0.1) is 0 Å². The number of rotatable bonds is 4. The summed E-state index contributed by atoms with van der Waals surface area (Å²) in [6, 6.07) is 12.7. The second-order valence-corrected chi connectivity index (χ2v) is 8.84. The van der Waals surface area contributed by atoms with Gasteiger partial charge in [-0.3, -0.25) is 0 Å². The van der Waals surface area contributed by atoms with Crippen molar-refractivity contribution in [3.05, 3.63) is 99.2 Å². The molecule has 4 rings (SSSR count). The molecule has 2 aliphatic carbocycles. The van der Waals surface area contributed by atoms with E-state index in [0.29, 0.717) is 0 Å². The minimum Gasteiger partial charge on any atom is -0.399 e. The van der Waals surface area contributed by atoms with E-state index < -0.39 is 0 Å². The van der Waals surface area contributed by atoms with E-state index >= 15 is 0 Å². The van der Waals surface area contributed by atoms with E-state index in [1.165, 1.54) is 55.7 Å². The van der Waals surface area contributed by atoms with Gasteiger partial charge in [-0.2, -0.15) is 0 Å². The molecule has 0 atom stereocenters. The van der Waals surface area contributed by atoms with Crippen molar-refractivity contribution < 1.29 is 0 Å². The van der Waals surface area contributed by atoms with Gasteiger partial charge in [-0.05, 0) is 121 Å². The summed E-state index contributed by atoms with van der Waals surface area (Å²) in [5, 5.41) is 0. The summed E-state index contributed by atoms with van der Waals surface area (Å²) in [6.07, 6.45) is 7.52. The minimum atomic E-state index is 0.729. The molecule has 0 saturated heterocycles. The first-order chi connectivity index (χ1) is 14.3. The van der Waals surface area contributed by atoms with Gasteiger partial charge < -0.3 is 11.5 Å². The molecule has 154 valence electrons. The summed E-state index contributed by atoms with van der Waals surface area (Å²) >= 11 is 0. The molecule has 2 nitrogen and oxygen atoms in total. The van der Waals surface area contributed by atoms with Crippen LogP contribution in [0.4, 0.5) is 11.4 Å². The number of nitrogens with two attached hydrogens (primary N) is 2. The number of anilines is 2. The van der Waals surface area contributed by atoms with E-state index in [4.69, 9.17) is 11.5 Å². The van der Waals surface area contributed by atoms with Crippen molar-refractivity contribution in [3.63, 3.8) is 0 Å². The molecule has 2 aromatic carbocycles. The highest BCUT2D eigenvalue weighted by Crippen LogP contribution is 2.46. The molecule has 0 spiro atoms. The third-order valence-electron chi connectivity index (χ3n) is 6.61. The third kappa shape index (κ3) is 3.87. The van der Waals surface area contributed by atoms with Gasteiger partial charge in [-0.25, -0.2) is 0 Å². The Bertz CT molecular complexity index is 1110. The number of hydrogen-bond acceptors (Lipinski definition) is 2. The predicted molar refractivity (Wildman–Crippen MR) is 130 cm³/mol. The van der Waals surface area contributed by atoms with Crippen LogP contribution in [0, 0.1) is 13.8 Å². The summed E-state index contributed by atoms with van der Waals surface area (Å²) in [5.74, 6) is 0. The maximum absolute atomic E-state index is 6.03. The molecule has 4 N–H and O–H groups in total. The van der Waals surface area contributed by atoms with Gasteiger partial charge in [-0.1, -0.05) is 36.4 Å². The lowest BCUT2D eigenvalue weighted by molar-refractivity contribution is 0.882. The average Bonchev–Trinajstić information content (AvgIpc) is 2.68. The van der Waals surface area contributed by atoms with Gasteiger partial charge in [0.15, 0.2) is 0 Å². The van der Waals surface area contributed by atoms with Crippen molar-refractivity contribution >= 4 is 16.9 Å². The second-order valence-electron chi connectivity index (χ2n) is 8.84. The van der Waals surface area contributed by atoms with Crippen LogP contribution >= 0.6 is 0 Å². The first-order valence-corrected chi connectivity index (χ1v) is 10.9. The standard InChI is InChI=1S/C28H32N2/c1-17-8-10-22(12-19(17)3)27-15-23-7-5-6-18(2)28(23)20(4)26(27)11-9-21-13-24(29)16-25(30)14-21/h7-8,10,12-14,16H,4-6,9,11,15,29-30H2,1-3H3. The minimum absolute atomic E-state index is 0.729. The Morgan fingerprint density at radius 1 is 0.900 bits per heavy atom. The van der Waals surface area contributed by atoms with Gasteiger partial charge >= 0.3 is 0 Å². The van der Waals surface area contributed by atoms with Crippen LogP contribution in [-0.4, -0.2) is 0 Å². The Morgan fingerprint density at radius 2 is 1.63 bits per heavy atom. The molecule has 2 aliphatic rings. The van der Waals surface area contributed by atoms with E-state index in [1.54, 1.807) is 0 Å². The van der Waals surface area contributed by atoms with Crippen molar-refractivity contribution in [1.82, 2.24) is 0 Å². The Morgan fingerprint density at radius 3 is 2.33 bits per heavy atom. The zero-order chi connectivity index (χ0) is 21.4. The lowest BCUT2D eigenvalue weighted by Crippen LogP contribution is -2.13. The molecule has 0 saturated carbocycles. The third-order valence-corrected chi connectivity index (χ3v) is 6.61. The van der Waals surface area contributed by atoms with Crippen molar-refractivity contribution in [3.8, 4) is 0 Å². The van der Waals surface area contributed by atoms with Crippen LogP contribution in [0.2, 0.25) is 0 Å². The van der Waals surface area contributed by atoms with Gasteiger partial charge in [0, 0.05) is 11.4 Å². The zero-order valence-electron chi connectivity index (χ0n) is 18.4. The summed E-state index contributed by atoms with van der Waals surface area (Å²) in [7, 11) is 0. The summed E-state index contributed by atoms with van der Waals surface area (Å²) < 4.78 is 0. The van der Waals surface area contributed by atoms with Crippen LogP contribution in [0.25, 0.3) is 5.57 Å². The second kappa shape index (κ2) is 8.02. The van der Waals surface area contributed by atoms with Crippen LogP contribution in [-0.2, 0) is 6.42 Å². The number of nitrogen functional groups attached to an aromatic ring is 2.